The third-order valence-corrected chi connectivity index (χ3v) is 11.0. The summed E-state index contributed by atoms with van der Waals surface area (Å²) < 4.78 is 0. The fraction of sp³-hybridized carbons (Fsp3) is 0.609. The molecule has 2 aliphatic heterocycles. The molecule has 1 atom stereocenters. The molecule has 0 aliphatic carbocycles. The molecule has 1 fully saturated rings. The first kappa shape index (κ1) is 43.6. The Kier molecular flexibility index (Phi) is 20.3. The van der Waals surface area contributed by atoms with Gasteiger partial charge in [-0.2, -0.15) is 0 Å². The minimum atomic E-state index is 0.536. The van der Waals surface area contributed by atoms with Gasteiger partial charge < -0.3 is 5.32 Å². The zero-order chi connectivity index (χ0) is 36.4. The van der Waals surface area contributed by atoms with Crippen molar-refractivity contribution in [2.45, 2.75) is 161 Å². The van der Waals surface area contributed by atoms with E-state index in [0.717, 1.165) is 31.5 Å². The highest BCUT2D eigenvalue weighted by Gasteiger charge is 2.32. The maximum Gasteiger partial charge on any atom is 0.0294 e. The summed E-state index contributed by atoms with van der Waals surface area (Å²) in [6, 6.07) is 12.1. The predicted octanol–water partition coefficient (Wildman–Crippen LogP) is 13.2. The molecule has 1 saturated heterocycles. The van der Waals surface area contributed by atoms with Crippen molar-refractivity contribution < 1.29 is 0 Å². The van der Waals surface area contributed by atoms with Gasteiger partial charge in [0.2, 0.25) is 0 Å². The van der Waals surface area contributed by atoms with Crippen LogP contribution >= 0.6 is 0 Å². The second-order valence-electron chi connectivity index (χ2n) is 13.7. The molecule has 0 radical (unpaired) electrons. The third kappa shape index (κ3) is 11.6. The summed E-state index contributed by atoms with van der Waals surface area (Å²) in [5.74, 6) is 0. The molecular weight excluding hydrogens is 581 g/mol. The highest BCUT2D eigenvalue weighted by molar-refractivity contribution is 5.81. The lowest BCUT2D eigenvalue weighted by Gasteiger charge is -2.42. The van der Waals surface area contributed by atoms with Gasteiger partial charge in [0, 0.05) is 12.6 Å². The van der Waals surface area contributed by atoms with Crippen molar-refractivity contribution in [2.24, 2.45) is 5.41 Å². The molecule has 2 aromatic carbocycles. The summed E-state index contributed by atoms with van der Waals surface area (Å²) >= 11 is 0. The van der Waals surface area contributed by atoms with Crippen LogP contribution in [0.1, 0.15) is 167 Å². The van der Waals surface area contributed by atoms with Crippen molar-refractivity contribution in [1.82, 2.24) is 10.2 Å². The first-order valence-electron chi connectivity index (χ1n) is 19.7. The Hall–Kier alpha value is -2.42. The smallest absolute Gasteiger partial charge is 0.0294 e. The van der Waals surface area contributed by atoms with Crippen molar-refractivity contribution in [1.29, 1.82) is 0 Å². The summed E-state index contributed by atoms with van der Waals surface area (Å²) in [5, 5.41) is 3.47. The lowest BCUT2D eigenvalue weighted by atomic mass is 9.73. The van der Waals surface area contributed by atoms with Crippen molar-refractivity contribution >= 4 is 5.57 Å². The number of benzene rings is 2. The molecule has 48 heavy (non-hydrogen) atoms. The maximum atomic E-state index is 4.17. The predicted molar refractivity (Wildman–Crippen MR) is 218 cm³/mol. The van der Waals surface area contributed by atoms with E-state index in [9.17, 15) is 0 Å². The van der Waals surface area contributed by atoms with E-state index in [1.54, 1.807) is 11.1 Å². The van der Waals surface area contributed by atoms with Gasteiger partial charge in [0.05, 0.1) is 0 Å². The van der Waals surface area contributed by atoms with Gasteiger partial charge in [0.15, 0.2) is 0 Å². The van der Waals surface area contributed by atoms with Crippen molar-refractivity contribution in [3.05, 3.63) is 98.7 Å². The van der Waals surface area contributed by atoms with Gasteiger partial charge in [-0.05, 0) is 161 Å². The highest BCUT2D eigenvalue weighted by atomic mass is 15.1. The fourth-order valence-corrected chi connectivity index (χ4v) is 7.62. The Morgan fingerprint density at radius 3 is 1.98 bits per heavy atom. The standard InChI is InChI=1S/C31H49N.C11H15N.2C2H6/c1-10-15-31(14-5)16-18-32(19-17-31)22-30-26(11-2)20-28(21-27(30)12-3)29(13-4)25(9)24(8)23(6)7;1-8-4-3-5-11-9(2)12-7-6-10(8)11;2*1-2/h13,20-21H,6,10-12,14-19,22H2,1-5,7-9H3;3-5,9,12H,6-7H2,1-2H3;2*1-2H3/b25-24-,29-13+;;;. The monoisotopic (exact) mass is 657 g/mol. The largest absolute Gasteiger partial charge is 0.310 e. The minimum absolute atomic E-state index is 0.536. The topological polar surface area (TPSA) is 15.3 Å². The molecule has 2 heteroatoms. The number of allylic oxidation sites excluding steroid dienone is 5. The number of nitrogens with zero attached hydrogens (tertiary/aromatic N) is 1. The van der Waals surface area contributed by atoms with Gasteiger partial charge in [-0.25, -0.2) is 0 Å². The Morgan fingerprint density at radius 1 is 0.938 bits per heavy atom. The molecular formula is C46H76N2. The quantitative estimate of drug-likeness (QED) is 0.256. The maximum absolute atomic E-state index is 4.17. The number of hydrogen-bond donors (Lipinski definition) is 1. The second kappa shape index (κ2) is 22.3. The Bertz CT molecular complexity index is 1290. The lowest BCUT2D eigenvalue weighted by molar-refractivity contribution is 0.0856. The van der Waals surface area contributed by atoms with Gasteiger partial charge in [0.1, 0.15) is 0 Å². The molecule has 2 heterocycles. The summed E-state index contributed by atoms with van der Waals surface area (Å²) in [5.41, 5.74) is 16.3. The molecule has 270 valence electrons. The normalized spacial score (nSPS) is 17.7. The SMILES string of the molecule is C=C(C)/C(C)=C(C)\C(=C/C)c1cc(CC)c(CN2CCC(CC)(CCC)CC2)c(CC)c1.CC.CC.Cc1cccc2c1CCNC2C. The molecule has 0 saturated carbocycles. The summed E-state index contributed by atoms with van der Waals surface area (Å²) in [6.07, 6.45) is 12.4. The Labute approximate surface area is 299 Å². The zero-order valence-electron chi connectivity index (χ0n) is 34.2. The molecule has 1 unspecified atom stereocenters. The van der Waals surface area contributed by atoms with E-state index >= 15 is 0 Å². The van der Waals surface area contributed by atoms with E-state index in [2.05, 4.69) is 122 Å². The number of rotatable bonds is 10. The zero-order valence-corrected chi connectivity index (χ0v) is 34.2. The molecule has 0 aromatic heterocycles. The first-order valence-corrected chi connectivity index (χ1v) is 19.7. The van der Waals surface area contributed by atoms with Crippen molar-refractivity contribution in [3.8, 4) is 0 Å². The van der Waals surface area contributed by atoms with Crippen LogP contribution in [0, 0.1) is 12.3 Å². The number of hydrogen-bond acceptors (Lipinski definition) is 2. The Balaban J connectivity index is 0.000000592. The summed E-state index contributed by atoms with van der Waals surface area (Å²) in [4.78, 5) is 2.73. The number of likely N-dealkylation sites (tertiary alicyclic amines) is 1. The van der Waals surface area contributed by atoms with Crippen molar-refractivity contribution in [3.63, 3.8) is 0 Å². The van der Waals surface area contributed by atoms with Gasteiger partial charge in [0.25, 0.3) is 0 Å². The molecule has 0 amide bonds. The first-order chi connectivity index (χ1) is 23.0. The van der Waals surface area contributed by atoms with Crippen LogP contribution in [0.25, 0.3) is 5.57 Å². The number of nitrogens with one attached hydrogen (secondary N) is 1. The van der Waals surface area contributed by atoms with E-state index in [4.69, 9.17) is 0 Å². The van der Waals surface area contributed by atoms with Crippen LogP contribution in [0.4, 0.5) is 0 Å². The van der Waals surface area contributed by atoms with E-state index < -0.39 is 0 Å². The van der Waals surface area contributed by atoms with Crippen LogP contribution < -0.4 is 5.32 Å². The summed E-state index contributed by atoms with van der Waals surface area (Å²) in [7, 11) is 0. The average molecular weight is 657 g/mol. The van der Waals surface area contributed by atoms with Crippen molar-refractivity contribution in [2.75, 3.05) is 19.6 Å². The van der Waals surface area contributed by atoms with Crippen LogP contribution in [0.3, 0.4) is 0 Å². The molecule has 2 aliphatic rings. The van der Waals surface area contributed by atoms with Gasteiger partial charge >= 0.3 is 0 Å². The molecule has 2 nitrogen and oxygen atoms in total. The molecule has 1 N–H and O–H groups in total. The van der Waals surface area contributed by atoms with E-state index in [0.29, 0.717) is 11.5 Å². The average Bonchev–Trinajstić information content (AvgIpc) is 3.12. The van der Waals surface area contributed by atoms with Gasteiger partial charge in [-0.3, -0.25) is 4.90 Å². The highest BCUT2D eigenvalue weighted by Crippen LogP contribution is 2.40. The van der Waals surface area contributed by atoms with E-state index in [1.165, 1.54) is 96.2 Å². The molecule has 0 spiro atoms. The number of piperidine rings is 1. The van der Waals surface area contributed by atoms with Crippen LogP contribution in [0.2, 0.25) is 0 Å². The van der Waals surface area contributed by atoms with Crippen LogP contribution in [-0.2, 0) is 25.8 Å². The molecule has 4 rings (SSSR count). The van der Waals surface area contributed by atoms with Gasteiger partial charge in [-0.1, -0.05) is 117 Å². The second-order valence-corrected chi connectivity index (χ2v) is 13.7. The Morgan fingerprint density at radius 2 is 1.52 bits per heavy atom. The van der Waals surface area contributed by atoms with Crippen LogP contribution in [0.5, 0.6) is 0 Å². The molecule has 0 bridgehead atoms. The lowest BCUT2D eigenvalue weighted by Crippen LogP contribution is -2.39. The number of aryl methyl sites for hydroxylation is 3. The number of fused-ring (bicyclic) bond motifs is 1. The van der Waals surface area contributed by atoms with E-state index in [-0.39, 0.29) is 0 Å². The van der Waals surface area contributed by atoms with Crippen LogP contribution in [0.15, 0.2) is 59.7 Å². The summed E-state index contributed by atoms with van der Waals surface area (Å²) in [6.45, 7) is 39.5. The minimum Gasteiger partial charge on any atom is -0.310 e. The van der Waals surface area contributed by atoms with E-state index in [1.807, 2.05) is 27.7 Å². The third-order valence-electron chi connectivity index (χ3n) is 11.0. The fourth-order valence-electron chi connectivity index (χ4n) is 7.62. The van der Waals surface area contributed by atoms with Gasteiger partial charge in [-0.15, -0.1) is 0 Å². The van der Waals surface area contributed by atoms with Crippen LogP contribution in [-0.4, -0.2) is 24.5 Å². The molecule has 2 aromatic rings.